The molecule has 0 amide bonds. The third-order valence-electron chi connectivity index (χ3n) is 6.42. The van der Waals surface area contributed by atoms with Crippen LogP contribution in [0.1, 0.15) is 69.9 Å². The molecule has 0 fully saturated rings. The van der Waals surface area contributed by atoms with Crippen molar-refractivity contribution in [3.8, 4) is 0 Å². The minimum atomic E-state index is -1.19. The van der Waals surface area contributed by atoms with Crippen LogP contribution in [0, 0.1) is 12.7 Å². The molecular formula is C28H26FNO3. The highest BCUT2D eigenvalue weighted by molar-refractivity contribution is 6.10. The van der Waals surface area contributed by atoms with Crippen LogP contribution >= 0.6 is 0 Å². The van der Waals surface area contributed by atoms with Gasteiger partial charge in [-0.05, 0) is 65.8 Å². The minimum Gasteiger partial charge on any atom is -0.478 e. The Bertz CT molecular complexity index is 1270. The SMILES string of the molecule is Cc1ccc(C2CC(C)(C)c3cc(C(/C=C/c4ccc(C(=O)O)cc4F)=N\O)ccc32)cc1. The average Bonchev–Trinajstić information content (AvgIpc) is 3.06. The molecule has 0 aromatic heterocycles. The quantitative estimate of drug-likeness (QED) is 0.267. The van der Waals surface area contributed by atoms with Crippen molar-refractivity contribution in [3.63, 3.8) is 0 Å². The number of fused-ring (bicyclic) bond motifs is 1. The van der Waals surface area contributed by atoms with E-state index in [2.05, 4.69) is 56.3 Å². The van der Waals surface area contributed by atoms with E-state index in [-0.39, 0.29) is 16.5 Å². The zero-order valence-corrected chi connectivity index (χ0v) is 18.8. The van der Waals surface area contributed by atoms with Gasteiger partial charge in [-0.1, -0.05) is 67.0 Å². The number of nitrogens with zero attached hydrogens (tertiary/aromatic N) is 1. The summed E-state index contributed by atoms with van der Waals surface area (Å²) in [6, 6.07) is 18.4. The monoisotopic (exact) mass is 443 g/mol. The Labute approximate surface area is 192 Å². The third-order valence-corrected chi connectivity index (χ3v) is 6.42. The molecule has 0 bridgehead atoms. The number of carboxylic acid groups (broad SMARTS) is 1. The van der Waals surface area contributed by atoms with Crippen LogP contribution in [0.2, 0.25) is 0 Å². The maximum absolute atomic E-state index is 14.3. The summed E-state index contributed by atoms with van der Waals surface area (Å²) in [4.78, 5) is 11.0. The molecule has 1 atom stereocenters. The number of allylic oxidation sites excluding steroid dienone is 1. The van der Waals surface area contributed by atoms with Gasteiger partial charge in [-0.15, -0.1) is 0 Å². The Morgan fingerprint density at radius 1 is 1.06 bits per heavy atom. The molecule has 4 nitrogen and oxygen atoms in total. The van der Waals surface area contributed by atoms with Crippen LogP contribution in [0.5, 0.6) is 0 Å². The molecule has 0 aliphatic heterocycles. The predicted molar refractivity (Wildman–Crippen MR) is 128 cm³/mol. The van der Waals surface area contributed by atoms with E-state index in [1.54, 1.807) is 0 Å². The number of carbonyl (C=O) groups is 1. The van der Waals surface area contributed by atoms with Gasteiger partial charge in [-0.3, -0.25) is 0 Å². The van der Waals surface area contributed by atoms with E-state index < -0.39 is 11.8 Å². The highest BCUT2D eigenvalue weighted by atomic mass is 19.1. The van der Waals surface area contributed by atoms with Gasteiger partial charge in [0.1, 0.15) is 11.5 Å². The van der Waals surface area contributed by atoms with E-state index >= 15 is 0 Å². The van der Waals surface area contributed by atoms with Crippen LogP contribution < -0.4 is 0 Å². The van der Waals surface area contributed by atoms with Crippen molar-refractivity contribution in [2.75, 3.05) is 0 Å². The van der Waals surface area contributed by atoms with Crippen LogP contribution in [0.15, 0.2) is 71.9 Å². The lowest BCUT2D eigenvalue weighted by Crippen LogP contribution is -2.13. The average molecular weight is 444 g/mol. The summed E-state index contributed by atoms with van der Waals surface area (Å²) in [5, 5.41) is 22.1. The fourth-order valence-electron chi connectivity index (χ4n) is 4.58. The largest absolute Gasteiger partial charge is 0.478 e. The smallest absolute Gasteiger partial charge is 0.335 e. The van der Waals surface area contributed by atoms with Gasteiger partial charge in [0.25, 0.3) is 0 Å². The number of oxime groups is 1. The number of hydrogen-bond acceptors (Lipinski definition) is 3. The van der Waals surface area contributed by atoms with Crippen molar-refractivity contribution < 1.29 is 19.5 Å². The molecule has 3 aromatic rings. The van der Waals surface area contributed by atoms with Gasteiger partial charge >= 0.3 is 5.97 Å². The summed E-state index contributed by atoms with van der Waals surface area (Å²) in [7, 11) is 0. The zero-order valence-electron chi connectivity index (χ0n) is 18.8. The maximum atomic E-state index is 14.3. The van der Waals surface area contributed by atoms with Crippen molar-refractivity contribution >= 4 is 17.8 Å². The first-order chi connectivity index (χ1) is 15.7. The maximum Gasteiger partial charge on any atom is 0.335 e. The molecule has 4 rings (SSSR count). The van der Waals surface area contributed by atoms with E-state index in [1.807, 2.05) is 12.1 Å². The lowest BCUT2D eigenvalue weighted by molar-refractivity contribution is 0.0696. The van der Waals surface area contributed by atoms with Crippen molar-refractivity contribution in [2.24, 2.45) is 5.16 Å². The number of carboxylic acids is 1. The molecule has 0 saturated carbocycles. The molecule has 3 aromatic carbocycles. The summed E-state index contributed by atoms with van der Waals surface area (Å²) >= 11 is 0. The van der Waals surface area contributed by atoms with Gasteiger partial charge in [-0.2, -0.15) is 0 Å². The van der Waals surface area contributed by atoms with Crippen molar-refractivity contribution in [2.45, 2.75) is 38.5 Å². The van der Waals surface area contributed by atoms with Crippen LogP contribution in [0.3, 0.4) is 0 Å². The summed E-state index contributed by atoms with van der Waals surface area (Å²) in [6.07, 6.45) is 3.99. The fraction of sp³-hybridized carbons (Fsp3) is 0.214. The van der Waals surface area contributed by atoms with E-state index in [0.29, 0.717) is 11.6 Å². The molecule has 1 aliphatic carbocycles. The molecular weight excluding hydrogens is 417 g/mol. The van der Waals surface area contributed by atoms with Gasteiger partial charge < -0.3 is 10.3 Å². The molecule has 5 heteroatoms. The summed E-state index contributed by atoms with van der Waals surface area (Å²) in [6.45, 7) is 6.52. The summed E-state index contributed by atoms with van der Waals surface area (Å²) < 4.78 is 14.3. The molecule has 33 heavy (non-hydrogen) atoms. The third kappa shape index (κ3) is 4.44. The normalized spacial score (nSPS) is 17.3. The van der Waals surface area contributed by atoms with E-state index in [9.17, 15) is 14.4 Å². The molecule has 0 spiro atoms. The molecule has 2 N–H and O–H groups in total. The Morgan fingerprint density at radius 2 is 1.76 bits per heavy atom. The van der Waals surface area contributed by atoms with Gasteiger partial charge in [0.2, 0.25) is 0 Å². The number of benzene rings is 3. The first kappa shape index (κ1) is 22.5. The van der Waals surface area contributed by atoms with E-state index in [1.165, 1.54) is 46.5 Å². The summed E-state index contributed by atoms with van der Waals surface area (Å²) in [5.74, 6) is -1.54. The van der Waals surface area contributed by atoms with Crippen LogP contribution in [0.4, 0.5) is 4.39 Å². The molecule has 0 radical (unpaired) electrons. The van der Waals surface area contributed by atoms with Crippen molar-refractivity contribution in [1.29, 1.82) is 0 Å². The molecule has 168 valence electrons. The highest BCUT2D eigenvalue weighted by Crippen LogP contribution is 2.49. The molecule has 1 unspecified atom stereocenters. The molecule has 0 heterocycles. The van der Waals surface area contributed by atoms with Gasteiger partial charge in [0.15, 0.2) is 0 Å². The van der Waals surface area contributed by atoms with Crippen LogP contribution in [-0.2, 0) is 5.41 Å². The van der Waals surface area contributed by atoms with E-state index in [4.69, 9.17) is 5.11 Å². The minimum absolute atomic E-state index is 0.0516. The summed E-state index contributed by atoms with van der Waals surface area (Å²) in [5.41, 5.74) is 6.06. The topological polar surface area (TPSA) is 69.9 Å². The van der Waals surface area contributed by atoms with Crippen molar-refractivity contribution in [1.82, 2.24) is 0 Å². The standard InChI is InChI=1S/C28H26FNO3/c1-17-4-6-18(7-5-17)23-16-28(2,3)24-14-20(10-12-22(23)24)26(30-33)13-11-19-8-9-21(27(31)32)15-25(19)29/h4-15,23,33H,16H2,1-3H3,(H,31,32)/b13-11+,30-26-. The lowest BCUT2D eigenvalue weighted by atomic mass is 9.84. The second kappa shape index (κ2) is 8.66. The van der Waals surface area contributed by atoms with E-state index in [0.717, 1.165) is 18.1 Å². The van der Waals surface area contributed by atoms with Crippen LogP contribution in [-0.4, -0.2) is 22.0 Å². The lowest BCUT2D eigenvalue weighted by Gasteiger charge is -2.20. The van der Waals surface area contributed by atoms with Crippen molar-refractivity contribution in [3.05, 3.63) is 112 Å². The Morgan fingerprint density at radius 3 is 2.39 bits per heavy atom. The second-order valence-corrected chi connectivity index (χ2v) is 9.21. The second-order valence-electron chi connectivity index (χ2n) is 9.21. The fourth-order valence-corrected chi connectivity index (χ4v) is 4.58. The Kier molecular flexibility index (Phi) is 5.90. The number of rotatable bonds is 5. The molecule has 1 aliphatic rings. The number of aromatic carboxylic acids is 1. The number of halogens is 1. The first-order valence-electron chi connectivity index (χ1n) is 10.8. The molecule has 0 saturated heterocycles. The Hall–Kier alpha value is -3.73. The van der Waals surface area contributed by atoms with Crippen LogP contribution in [0.25, 0.3) is 6.08 Å². The van der Waals surface area contributed by atoms with Gasteiger partial charge in [0, 0.05) is 17.0 Å². The van der Waals surface area contributed by atoms with Gasteiger partial charge in [0.05, 0.1) is 5.56 Å². The number of aryl methyl sites for hydroxylation is 1. The number of hydrogen-bond donors (Lipinski definition) is 2. The predicted octanol–water partition coefficient (Wildman–Crippen LogP) is 6.54. The van der Waals surface area contributed by atoms with Gasteiger partial charge in [-0.25, -0.2) is 9.18 Å². The highest BCUT2D eigenvalue weighted by Gasteiger charge is 2.37. The Balaban J connectivity index is 1.65. The zero-order chi connectivity index (χ0) is 23.8. The first-order valence-corrected chi connectivity index (χ1v) is 10.8.